The van der Waals surface area contributed by atoms with E-state index in [9.17, 15) is 17.6 Å². The van der Waals surface area contributed by atoms with Crippen LogP contribution in [0.5, 0.6) is 0 Å². The summed E-state index contributed by atoms with van der Waals surface area (Å²) in [5, 5.41) is 2.88. The van der Waals surface area contributed by atoms with Gasteiger partial charge in [-0.2, -0.15) is 0 Å². The van der Waals surface area contributed by atoms with Gasteiger partial charge in [0.1, 0.15) is 5.82 Å². The highest BCUT2D eigenvalue weighted by Gasteiger charge is 2.42. The average molecular weight is 435 g/mol. The molecule has 2 aliphatic rings. The summed E-state index contributed by atoms with van der Waals surface area (Å²) in [5.41, 5.74) is 0.534. The highest BCUT2D eigenvalue weighted by Crippen LogP contribution is 2.30. The van der Waals surface area contributed by atoms with Gasteiger partial charge in [0, 0.05) is 27.4 Å². The number of hydrogen-bond acceptors (Lipinski definition) is 5. The highest BCUT2D eigenvalue weighted by molar-refractivity contribution is 7.91. The van der Waals surface area contributed by atoms with Gasteiger partial charge in [-0.1, -0.05) is 18.2 Å². The van der Waals surface area contributed by atoms with Gasteiger partial charge in [0.05, 0.1) is 17.5 Å². The number of thiophene rings is 1. The van der Waals surface area contributed by atoms with Crippen molar-refractivity contribution >= 4 is 33.2 Å². The molecule has 2 aromatic rings. The first-order valence-electron chi connectivity index (χ1n) is 9.69. The van der Waals surface area contributed by atoms with Crippen LogP contribution in [-0.4, -0.2) is 55.9 Å². The smallest absolute Gasteiger partial charge is 0.244 e. The fraction of sp³-hybridized carbons (Fsp3) is 0.381. The van der Waals surface area contributed by atoms with Crippen molar-refractivity contribution in [3.05, 3.63) is 53.2 Å². The summed E-state index contributed by atoms with van der Waals surface area (Å²) in [5.74, 6) is -0.488. The number of carbonyl (C=O) groups excluding carboxylic acids is 1. The van der Waals surface area contributed by atoms with Crippen LogP contribution in [0.3, 0.4) is 0 Å². The molecular weight excluding hydrogens is 411 g/mol. The van der Waals surface area contributed by atoms with Crippen LogP contribution in [0.4, 0.5) is 4.39 Å². The molecule has 0 aliphatic carbocycles. The van der Waals surface area contributed by atoms with Crippen LogP contribution >= 0.6 is 11.3 Å². The average Bonchev–Trinajstić information content (AvgIpc) is 3.40. The molecule has 2 saturated heterocycles. The number of carbonyl (C=O) groups is 1. The second-order valence-electron chi connectivity index (χ2n) is 7.52. The van der Waals surface area contributed by atoms with E-state index in [2.05, 4.69) is 10.2 Å². The first kappa shape index (κ1) is 20.3. The van der Waals surface area contributed by atoms with Crippen LogP contribution in [-0.2, 0) is 14.6 Å². The molecule has 5 nitrogen and oxygen atoms in total. The third-order valence-electron chi connectivity index (χ3n) is 5.43. The van der Waals surface area contributed by atoms with Gasteiger partial charge < -0.3 is 5.32 Å². The Hall–Kier alpha value is -2.03. The van der Waals surface area contributed by atoms with Crippen molar-refractivity contribution < 1.29 is 17.6 Å². The standard InChI is InChI=1S/C21H23FN2O3S2/c22-17-6-2-1-5-16(17)20-9-7-15(28-20)8-10-21(25)23-18-13-29(26,27)14-19(18)24-11-3-4-12-24/h1-2,5-10,18-19H,3-4,11-14H2,(H,23,25)/b10-8+. The first-order chi connectivity index (χ1) is 13.9. The SMILES string of the molecule is O=C(/C=C/c1ccc(-c2ccccc2F)s1)NC1CS(=O)(=O)CC1N1CCCC1. The van der Waals surface area contributed by atoms with Gasteiger partial charge in [0.15, 0.2) is 9.84 Å². The molecule has 2 fully saturated rings. The molecule has 1 aromatic carbocycles. The van der Waals surface area contributed by atoms with Gasteiger partial charge in [-0.25, -0.2) is 12.8 Å². The molecule has 154 valence electrons. The van der Waals surface area contributed by atoms with Gasteiger partial charge >= 0.3 is 0 Å². The predicted molar refractivity (Wildman–Crippen MR) is 114 cm³/mol. The zero-order chi connectivity index (χ0) is 20.4. The second-order valence-corrected chi connectivity index (χ2v) is 10.8. The summed E-state index contributed by atoms with van der Waals surface area (Å²) in [6.45, 7) is 1.77. The molecular formula is C21H23FN2O3S2. The second kappa shape index (κ2) is 8.38. The zero-order valence-corrected chi connectivity index (χ0v) is 17.5. The minimum atomic E-state index is -3.14. The van der Waals surface area contributed by atoms with E-state index in [0.717, 1.165) is 35.7 Å². The van der Waals surface area contributed by atoms with Crippen LogP contribution < -0.4 is 5.32 Å². The van der Waals surface area contributed by atoms with Crippen LogP contribution in [0.25, 0.3) is 16.5 Å². The normalized spacial score (nSPS) is 24.3. The summed E-state index contributed by atoms with van der Waals surface area (Å²) in [6.07, 6.45) is 5.24. The third kappa shape index (κ3) is 4.76. The van der Waals surface area contributed by atoms with Crippen molar-refractivity contribution in [2.75, 3.05) is 24.6 Å². The molecule has 3 heterocycles. The van der Waals surface area contributed by atoms with Gasteiger partial charge in [-0.15, -0.1) is 11.3 Å². The van der Waals surface area contributed by atoms with Crippen molar-refractivity contribution in [1.29, 1.82) is 0 Å². The number of rotatable bonds is 5. The van der Waals surface area contributed by atoms with Crippen molar-refractivity contribution in [3.8, 4) is 10.4 Å². The Morgan fingerprint density at radius 3 is 2.66 bits per heavy atom. The molecule has 2 aliphatic heterocycles. The minimum Gasteiger partial charge on any atom is -0.347 e. The van der Waals surface area contributed by atoms with Gasteiger partial charge in [0.25, 0.3) is 0 Å². The summed E-state index contributed by atoms with van der Waals surface area (Å²) < 4.78 is 38.1. The largest absolute Gasteiger partial charge is 0.347 e. The number of likely N-dealkylation sites (tertiary alicyclic amines) is 1. The highest BCUT2D eigenvalue weighted by atomic mass is 32.2. The van der Waals surface area contributed by atoms with Crippen LogP contribution in [0.1, 0.15) is 17.7 Å². The lowest BCUT2D eigenvalue weighted by Gasteiger charge is -2.28. The Bertz CT molecular complexity index is 1030. The lowest BCUT2D eigenvalue weighted by molar-refractivity contribution is -0.117. The van der Waals surface area contributed by atoms with Crippen molar-refractivity contribution in [3.63, 3.8) is 0 Å². The number of benzene rings is 1. The molecule has 1 aromatic heterocycles. The fourth-order valence-electron chi connectivity index (χ4n) is 4.04. The summed E-state index contributed by atoms with van der Waals surface area (Å²) >= 11 is 1.39. The van der Waals surface area contributed by atoms with Crippen molar-refractivity contribution in [1.82, 2.24) is 10.2 Å². The first-order valence-corrected chi connectivity index (χ1v) is 12.3. The number of nitrogens with one attached hydrogen (secondary N) is 1. The maximum atomic E-state index is 13.9. The molecule has 0 saturated carbocycles. The maximum absolute atomic E-state index is 13.9. The van der Waals surface area contributed by atoms with Crippen LogP contribution in [0, 0.1) is 5.82 Å². The number of amides is 1. The van der Waals surface area contributed by atoms with Crippen molar-refractivity contribution in [2.24, 2.45) is 0 Å². The monoisotopic (exact) mass is 434 g/mol. The van der Waals surface area contributed by atoms with Crippen molar-refractivity contribution in [2.45, 2.75) is 24.9 Å². The van der Waals surface area contributed by atoms with Crippen LogP contribution in [0.2, 0.25) is 0 Å². The number of hydrogen-bond donors (Lipinski definition) is 1. The van der Waals surface area contributed by atoms with Gasteiger partial charge in [-0.3, -0.25) is 9.69 Å². The Morgan fingerprint density at radius 1 is 1.14 bits per heavy atom. The lowest BCUT2D eigenvalue weighted by Crippen LogP contribution is -2.49. The van der Waals surface area contributed by atoms with E-state index in [1.807, 2.05) is 12.1 Å². The number of sulfone groups is 1. The van der Waals surface area contributed by atoms with Gasteiger partial charge in [-0.05, 0) is 50.2 Å². The third-order valence-corrected chi connectivity index (χ3v) is 8.23. The summed E-state index contributed by atoms with van der Waals surface area (Å²) in [6, 6.07) is 9.72. The predicted octanol–water partition coefficient (Wildman–Crippen LogP) is 2.95. The topological polar surface area (TPSA) is 66.5 Å². The quantitative estimate of drug-likeness (QED) is 0.735. The summed E-state index contributed by atoms with van der Waals surface area (Å²) in [4.78, 5) is 16.2. The molecule has 2 unspecified atom stereocenters. The number of halogens is 1. The van der Waals surface area contributed by atoms with E-state index in [1.165, 1.54) is 23.5 Å². The molecule has 1 N–H and O–H groups in total. The molecule has 0 radical (unpaired) electrons. The maximum Gasteiger partial charge on any atom is 0.244 e. The van der Waals surface area contributed by atoms with E-state index in [4.69, 9.17) is 0 Å². The lowest BCUT2D eigenvalue weighted by atomic mass is 10.1. The Morgan fingerprint density at radius 2 is 1.90 bits per heavy atom. The fourth-order valence-corrected chi connectivity index (χ4v) is 6.93. The van der Waals surface area contributed by atoms with E-state index < -0.39 is 9.84 Å². The molecule has 0 spiro atoms. The molecule has 4 rings (SSSR count). The molecule has 2 atom stereocenters. The minimum absolute atomic E-state index is 0.00974. The van der Waals surface area contributed by atoms with Crippen LogP contribution in [0.15, 0.2) is 42.5 Å². The summed E-state index contributed by atoms with van der Waals surface area (Å²) in [7, 11) is -3.14. The van der Waals surface area contributed by atoms with E-state index in [-0.39, 0.29) is 35.3 Å². The van der Waals surface area contributed by atoms with E-state index >= 15 is 0 Å². The Balaban J connectivity index is 1.41. The number of nitrogens with zero attached hydrogens (tertiary/aromatic N) is 1. The molecule has 0 bridgehead atoms. The zero-order valence-electron chi connectivity index (χ0n) is 15.9. The van der Waals surface area contributed by atoms with E-state index in [1.54, 1.807) is 24.3 Å². The molecule has 29 heavy (non-hydrogen) atoms. The Labute approximate surface area is 174 Å². The molecule has 8 heteroatoms. The molecule has 1 amide bonds. The Kier molecular flexibility index (Phi) is 5.85. The van der Waals surface area contributed by atoms with Gasteiger partial charge in [0.2, 0.25) is 5.91 Å². The van der Waals surface area contributed by atoms with E-state index in [0.29, 0.717) is 5.56 Å².